The lowest BCUT2D eigenvalue weighted by atomic mass is 9.98. The van der Waals surface area contributed by atoms with Crippen molar-refractivity contribution < 1.29 is 58.2 Å². The maximum Gasteiger partial charge on any atom is 0.335 e. The summed E-state index contributed by atoms with van der Waals surface area (Å²) in [7, 11) is 0. The number of allylic oxidation sites excluding steroid dienone is 22. The van der Waals surface area contributed by atoms with E-state index in [-0.39, 0.29) is 25.9 Å². The fourth-order valence-electron chi connectivity index (χ4n) is 7.78. The number of unbranched alkanes of at least 4 members (excludes halogenated alkanes) is 11. The number of ether oxygens (including phenoxy) is 5. The lowest BCUT2D eigenvalue weighted by molar-refractivity contribution is -0.301. The summed E-state index contributed by atoms with van der Waals surface area (Å²) in [5.41, 5.74) is 0. The van der Waals surface area contributed by atoms with Gasteiger partial charge in [0, 0.05) is 19.3 Å². The highest BCUT2D eigenvalue weighted by molar-refractivity contribution is 5.74. The van der Waals surface area contributed by atoms with Gasteiger partial charge in [-0.1, -0.05) is 187 Å². The molecule has 0 aromatic carbocycles. The van der Waals surface area contributed by atoms with Gasteiger partial charge in [0.15, 0.2) is 24.6 Å². The molecule has 0 saturated carbocycles. The average Bonchev–Trinajstić information content (AvgIpc) is 3.43. The first-order valence-electron chi connectivity index (χ1n) is 29.2. The molecule has 77 heavy (non-hydrogen) atoms. The van der Waals surface area contributed by atoms with Crippen molar-refractivity contribution >= 4 is 23.9 Å². The van der Waals surface area contributed by atoms with Gasteiger partial charge in [-0.05, 0) is 128 Å². The molecule has 0 aromatic heterocycles. The van der Waals surface area contributed by atoms with E-state index < -0.39 is 67.3 Å². The molecule has 0 aromatic rings. The summed E-state index contributed by atoms with van der Waals surface area (Å²) in [6.07, 6.45) is 60.0. The number of carboxylic acids is 1. The zero-order chi connectivity index (χ0) is 56.1. The Balaban J connectivity index is 2.78. The number of carboxylic acid groups (broad SMARTS) is 1. The largest absolute Gasteiger partial charge is 0.479 e. The zero-order valence-corrected chi connectivity index (χ0v) is 47.4. The van der Waals surface area contributed by atoms with Crippen LogP contribution in [-0.2, 0) is 42.9 Å². The standard InChI is InChI=1S/C65H100O12/c1-4-7-10-13-16-19-22-25-28-29-32-35-38-41-44-47-50-53-59(68)76-63-61(70)60(69)62(64(71)72)77-65(63)74-55-56(75-58(67)52-49-46-43-40-37-34-31-27-24-21-18-15-12-9-6-3)54-73-57(66)51-48-45-42-39-36-33-30-26-23-20-17-14-11-8-5-2/h7-8,10-11,16-21,25-28,30-32,35-36,39,41,44,56,60-63,65,69-70H,4-6,9,12-15,22-24,29,33-34,37-38,40,42-43,45-55H2,1-3H3,(H,71,72)/b10-7-,11-8-,19-16-,20-17-,21-18-,28-25-,30-26-,31-27-,35-32-,39-36-,44-41-. The smallest absolute Gasteiger partial charge is 0.335 e. The molecule has 1 heterocycles. The molecule has 6 unspecified atom stereocenters. The highest BCUT2D eigenvalue weighted by atomic mass is 16.7. The third-order valence-corrected chi connectivity index (χ3v) is 12.2. The van der Waals surface area contributed by atoms with Crippen LogP contribution in [0.5, 0.6) is 0 Å². The molecule has 6 atom stereocenters. The lowest BCUT2D eigenvalue weighted by Gasteiger charge is -2.40. The number of rotatable bonds is 47. The van der Waals surface area contributed by atoms with E-state index >= 15 is 0 Å². The molecule has 0 aliphatic carbocycles. The highest BCUT2D eigenvalue weighted by Crippen LogP contribution is 2.26. The topological polar surface area (TPSA) is 175 Å². The normalized spacial score (nSPS) is 19.0. The number of aliphatic hydroxyl groups excluding tert-OH is 2. The minimum atomic E-state index is -1.94. The molecule has 1 aliphatic rings. The molecule has 432 valence electrons. The Morgan fingerprint density at radius 2 is 0.831 bits per heavy atom. The molecular weight excluding hydrogens is 973 g/mol. The van der Waals surface area contributed by atoms with Crippen LogP contribution in [0.25, 0.3) is 0 Å². The molecule has 0 bridgehead atoms. The monoisotopic (exact) mass is 1070 g/mol. The molecule has 12 heteroatoms. The molecule has 0 spiro atoms. The minimum absolute atomic E-state index is 0.0312. The number of hydrogen-bond donors (Lipinski definition) is 3. The minimum Gasteiger partial charge on any atom is -0.479 e. The van der Waals surface area contributed by atoms with E-state index in [2.05, 4.69) is 142 Å². The van der Waals surface area contributed by atoms with E-state index in [1.54, 1.807) is 0 Å². The van der Waals surface area contributed by atoms with Crippen LogP contribution in [0, 0.1) is 0 Å². The predicted octanol–water partition coefficient (Wildman–Crippen LogP) is 15.0. The Morgan fingerprint density at radius 3 is 1.31 bits per heavy atom. The van der Waals surface area contributed by atoms with Crippen LogP contribution < -0.4 is 0 Å². The first kappa shape index (κ1) is 69.9. The van der Waals surface area contributed by atoms with Crippen LogP contribution in [0.15, 0.2) is 134 Å². The average molecular weight is 1070 g/mol. The Morgan fingerprint density at radius 1 is 0.442 bits per heavy atom. The van der Waals surface area contributed by atoms with Crippen molar-refractivity contribution in [3.63, 3.8) is 0 Å². The number of aliphatic carboxylic acids is 1. The van der Waals surface area contributed by atoms with Crippen molar-refractivity contribution in [2.75, 3.05) is 13.2 Å². The van der Waals surface area contributed by atoms with Gasteiger partial charge >= 0.3 is 23.9 Å². The summed E-state index contributed by atoms with van der Waals surface area (Å²) < 4.78 is 28.3. The molecule has 1 fully saturated rings. The molecule has 3 N–H and O–H groups in total. The van der Waals surface area contributed by atoms with Crippen molar-refractivity contribution in [1.29, 1.82) is 0 Å². The van der Waals surface area contributed by atoms with Crippen molar-refractivity contribution in [3.8, 4) is 0 Å². The first-order valence-corrected chi connectivity index (χ1v) is 29.2. The third kappa shape index (κ3) is 41.6. The van der Waals surface area contributed by atoms with Crippen LogP contribution in [0.4, 0.5) is 0 Å². The van der Waals surface area contributed by atoms with E-state index in [4.69, 9.17) is 23.7 Å². The second-order valence-corrected chi connectivity index (χ2v) is 19.2. The number of aliphatic hydroxyl groups is 2. The molecular formula is C65H100O12. The van der Waals surface area contributed by atoms with Gasteiger partial charge in [-0.2, -0.15) is 0 Å². The van der Waals surface area contributed by atoms with Gasteiger partial charge in [-0.25, -0.2) is 4.79 Å². The number of carbonyl (C=O) groups excluding carboxylic acids is 3. The van der Waals surface area contributed by atoms with E-state index in [9.17, 15) is 34.5 Å². The summed E-state index contributed by atoms with van der Waals surface area (Å²) in [6.45, 7) is 5.64. The second kappa shape index (κ2) is 51.6. The van der Waals surface area contributed by atoms with Gasteiger partial charge in [-0.15, -0.1) is 0 Å². The molecule has 1 aliphatic heterocycles. The van der Waals surface area contributed by atoms with E-state index in [0.717, 1.165) is 116 Å². The van der Waals surface area contributed by atoms with E-state index in [1.165, 1.54) is 19.3 Å². The highest BCUT2D eigenvalue weighted by Gasteiger charge is 2.50. The summed E-state index contributed by atoms with van der Waals surface area (Å²) in [5.74, 6) is -3.30. The summed E-state index contributed by atoms with van der Waals surface area (Å²) in [5, 5.41) is 31.5. The van der Waals surface area contributed by atoms with Gasteiger partial charge in [0.25, 0.3) is 0 Å². The molecule has 1 rings (SSSR count). The van der Waals surface area contributed by atoms with Gasteiger partial charge in [-0.3, -0.25) is 14.4 Å². The van der Waals surface area contributed by atoms with Crippen LogP contribution in [0.3, 0.4) is 0 Å². The number of carbonyl (C=O) groups is 4. The predicted molar refractivity (Wildman–Crippen MR) is 312 cm³/mol. The number of hydrogen-bond acceptors (Lipinski definition) is 11. The maximum atomic E-state index is 13.1. The summed E-state index contributed by atoms with van der Waals surface area (Å²) >= 11 is 0. The van der Waals surface area contributed by atoms with Gasteiger partial charge in [0.1, 0.15) is 18.8 Å². The van der Waals surface area contributed by atoms with Crippen molar-refractivity contribution in [1.82, 2.24) is 0 Å². The van der Waals surface area contributed by atoms with Crippen LogP contribution >= 0.6 is 0 Å². The maximum absolute atomic E-state index is 13.1. The Bertz CT molecular complexity index is 1850. The third-order valence-electron chi connectivity index (χ3n) is 12.2. The van der Waals surface area contributed by atoms with Crippen LogP contribution in [0.1, 0.15) is 201 Å². The Kier molecular flexibility index (Phi) is 46.8. The van der Waals surface area contributed by atoms with E-state index in [1.807, 2.05) is 12.2 Å². The Hall–Kier alpha value is -5.14. The molecule has 0 radical (unpaired) electrons. The zero-order valence-electron chi connectivity index (χ0n) is 47.4. The lowest BCUT2D eigenvalue weighted by Crippen LogP contribution is -2.61. The first-order chi connectivity index (χ1) is 37.6. The fourth-order valence-corrected chi connectivity index (χ4v) is 7.78. The Labute approximate surface area is 464 Å². The van der Waals surface area contributed by atoms with Crippen LogP contribution in [-0.4, -0.2) is 89.2 Å². The van der Waals surface area contributed by atoms with Crippen molar-refractivity contribution in [2.24, 2.45) is 0 Å². The van der Waals surface area contributed by atoms with Gasteiger partial charge in [0.2, 0.25) is 0 Å². The summed E-state index contributed by atoms with van der Waals surface area (Å²) in [6, 6.07) is 0. The fraction of sp³-hybridized carbons (Fsp3) is 0.600. The molecule has 1 saturated heterocycles. The molecule has 0 amide bonds. The van der Waals surface area contributed by atoms with Gasteiger partial charge < -0.3 is 39.0 Å². The van der Waals surface area contributed by atoms with Gasteiger partial charge in [0.05, 0.1) is 6.61 Å². The SMILES string of the molecule is CC/C=C\C/C=C\C/C=C\C/C=C\C/C=C\CCCC(=O)OC1C(OCC(COC(=O)CCCC/C=C\C/C=C\C/C=C\C/C=C\CC)OC(=O)CCCCCCC/C=C\C/C=C\CCCCC)OC(C(=O)O)C(O)C1O. The quantitative estimate of drug-likeness (QED) is 0.0228. The molecule has 12 nitrogen and oxygen atoms in total. The van der Waals surface area contributed by atoms with E-state index in [0.29, 0.717) is 25.7 Å². The second-order valence-electron chi connectivity index (χ2n) is 19.2. The number of esters is 3. The van der Waals surface area contributed by atoms with Crippen molar-refractivity contribution in [3.05, 3.63) is 134 Å². The van der Waals surface area contributed by atoms with Crippen molar-refractivity contribution in [2.45, 2.75) is 237 Å². The summed E-state index contributed by atoms with van der Waals surface area (Å²) in [4.78, 5) is 51.1. The van der Waals surface area contributed by atoms with Crippen LogP contribution in [0.2, 0.25) is 0 Å².